The third-order valence-electron chi connectivity index (χ3n) is 4.20. The lowest BCUT2D eigenvalue weighted by Gasteiger charge is -2.32. The fraction of sp³-hybridized carbons (Fsp3) is 0.211. The maximum absolute atomic E-state index is 13.5. The van der Waals surface area contributed by atoms with Crippen molar-refractivity contribution in [2.45, 2.75) is 18.3 Å². The minimum absolute atomic E-state index is 0.0602. The summed E-state index contributed by atoms with van der Waals surface area (Å²) in [6.07, 6.45) is -6.20. The molecule has 0 saturated heterocycles. The van der Waals surface area contributed by atoms with E-state index in [1.165, 1.54) is 36.4 Å². The summed E-state index contributed by atoms with van der Waals surface area (Å²) in [7, 11) is 0. The van der Waals surface area contributed by atoms with Gasteiger partial charge in [0.05, 0.1) is 23.8 Å². The predicted octanol–water partition coefficient (Wildman–Crippen LogP) is 2.96. The molecule has 1 atom stereocenters. The van der Waals surface area contributed by atoms with Crippen molar-refractivity contribution < 1.29 is 32.2 Å². The van der Waals surface area contributed by atoms with E-state index in [1.54, 1.807) is 0 Å². The Bertz CT molecular complexity index is 982. The molecule has 0 saturated carbocycles. The van der Waals surface area contributed by atoms with E-state index in [2.05, 4.69) is 5.10 Å². The van der Waals surface area contributed by atoms with E-state index in [1.807, 2.05) is 6.07 Å². The van der Waals surface area contributed by atoms with Crippen LogP contribution >= 0.6 is 0 Å². The Balaban J connectivity index is 1.82. The molecule has 2 aromatic carbocycles. The first kappa shape index (κ1) is 20.3. The van der Waals surface area contributed by atoms with Crippen LogP contribution in [0.2, 0.25) is 0 Å². The number of nitriles is 1. The molecule has 29 heavy (non-hydrogen) atoms. The second-order valence-corrected chi connectivity index (χ2v) is 6.18. The number of nitrogens with zero attached hydrogens (tertiary/aromatic N) is 3. The molecule has 1 aliphatic heterocycles. The number of carbonyl (C=O) groups excluding carboxylic acids is 1. The Morgan fingerprint density at radius 3 is 2.38 bits per heavy atom. The van der Waals surface area contributed by atoms with Gasteiger partial charge in [-0.15, -0.1) is 0 Å². The van der Waals surface area contributed by atoms with E-state index in [0.717, 1.165) is 12.1 Å². The highest BCUT2D eigenvalue weighted by Crippen LogP contribution is 2.41. The molecule has 1 heterocycles. The molecule has 0 radical (unpaired) electrons. The van der Waals surface area contributed by atoms with Gasteiger partial charge in [-0.3, -0.25) is 4.79 Å². The van der Waals surface area contributed by atoms with Gasteiger partial charge in [0.2, 0.25) is 0 Å². The zero-order valence-electron chi connectivity index (χ0n) is 14.7. The summed E-state index contributed by atoms with van der Waals surface area (Å²) in [4.78, 5) is 12.4. The Morgan fingerprint density at radius 1 is 1.21 bits per heavy atom. The summed E-state index contributed by atoms with van der Waals surface area (Å²) in [6.45, 7) is -0.829. The fourth-order valence-electron chi connectivity index (χ4n) is 2.66. The molecule has 0 spiro atoms. The van der Waals surface area contributed by atoms with Crippen LogP contribution in [0.3, 0.4) is 0 Å². The number of carbonyl (C=O) groups is 1. The van der Waals surface area contributed by atoms with Crippen molar-refractivity contribution in [1.82, 2.24) is 5.01 Å². The lowest BCUT2D eigenvalue weighted by atomic mass is 10.0. The molecule has 0 aliphatic carbocycles. The number of alkyl halides is 3. The number of amides is 1. The average molecular weight is 407 g/mol. The number of hydrogen-bond acceptors (Lipinski definition) is 5. The van der Waals surface area contributed by atoms with E-state index in [4.69, 9.17) is 10.00 Å². The molecule has 1 aliphatic rings. The largest absolute Gasteiger partial charge is 0.484 e. The second kappa shape index (κ2) is 7.52. The number of aliphatic hydroxyl groups is 1. The monoisotopic (exact) mass is 407 g/mol. The minimum Gasteiger partial charge on any atom is -0.484 e. The maximum Gasteiger partial charge on any atom is 0.438 e. The molecule has 1 N–H and O–H groups in total. The van der Waals surface area contributed by atoms with Crippen LogP contribution in [0.1, 0.15) is 17.5 Å². The molecule has 0 unspecified atom stereocenters. The van der Waals surface area contributed by atoms with Crippen LogP contribution in [0.25, 0.3) is 0 Å². The van der Waals surface area contributed by atoms with Crippen molar-refractivity contribution in [2.24, 2.45) is 5.10 Å². The van der Waals surface area contributed by atoms with E-state index >= 15 is 0 Å². The summed E-state index contributed by atoms with van der Waals surface area (Å²) >= 11 is 0. The normalized spacial score (nSPS) is 18.9. The molecule has 150 valence electrons. The third-order valence-corrected chi connectivity index (χ3v) is 4.20. The van der Waals surface area contributed by atoms with Gasteiger partial charge in [-0.25, -0.2) is 4.39 Å². The van der Waals surface area contributed by atoms with Crippen LogP contribution in [0.15, 0.2) is 53.6 Å². The first-order valence-corrected chi connectivity index (χ1v) is 8.22. The highest BCUT2D eigenvalue weighted by atomic mass is 19.4. The van der Waals surface area contributed by atoms with Crippen molar-refractivity contribution >= 4 is 11.6 Å². The van der Waals surface area contributed by atoms with Crippen LogP contribution in [0, 0.1) is 17.1 Å². The van der Waals surface area contributed by atoms with Gasteiger partial charge >= 0.3 is 6.18 Å². The minimum atomic E-state index is -5.19. The summed E-state index contributed by atoms with van der Waals surface area (Å²) in [6, 6.07) is 11.9. The van der Waals surface area contributed by atoms with Crippen molar-refractivity contribution in [3.8, 4) is 11.8 Å². The van der Waals surface area contributed by atoms with Crippen molar-refractivity contribution in [3.63, 3.8) is 0 Å². The number of ether oxygens (including phenoxy) is 1. The van der Waals surface area contributed by atoms with Crippen molar-refractivity contribution in [2.75, 3.05) is 6.61 Å². The zero-order chi connectivity index (χ0) is 21.2. The van der Waals surface area contributed by atoms with Crippen LogP contribution in [-0.2, 0) is 4.79 Å². The second-order valence-electron chi connectivity index (χ2n) is 6.18. The van der Waals surface area contributed by atoms with Crippen molar-refractivity contribution in [3.05, 3.63) is 65.5 Å². The molecule has 10 heteroatoms. The lowest BCUT2D eigenvalue weighted by molar-refractivity contribution is -0.302. The molecule has 1 amide bonds. The molecule has 0 aromatic heterocycles. The van der Waals surface area contributed by atoms with Gasteiger partial charge in [0, 0.05) is 0 Å². The number of rotatable bonds is 4. The number of hydrogen-bond donors (Lipinski definition) is 1. The highest BCUT2D eigenvalue weighted by Gasteiger charge is 2.63. The topological polar surface area (TPSA) is 85.9 Å². The van der Waals surface area contributed by atoms with Crippen LogP contribution in [-0.4, -0.2) is 40.2 Å². The first-order valence-electron chi connectivity index (χ1n) is 8.22. The van der Waals surface area contributed by atoms with Crippen molar-refractivity contribution in [1.29, 1.82) is 5.26 Å². The standard InChI is InChI=1S/C19H13F4N3O3/c20-14-5-3-13(4-6-14)16-9-18(28,19(21,22)23)26(25-16)17(27)11-29-15-7-1-12(10-24)2-8-15/h1-8,28H,9,11H2/t18-/m1/s1. The van der Waals surface area contributed by atoms with Crippen LogP contribution in [0.5, 0.6) is 5.75 Å². The lowest BCUT2D eigenvalue weighted by Crippen LogP contribution is -2.57. The molecule has 0 bridgehead atoms. The van der Waals surface area contributed by atoms with Gasteiger partial charge in [-0.05, 0) is 42.0 Å². The highest BCUT2D eigenvalue weighted by molar-refractivity contribution is 6.03. The number of hydrazone groups is 1. The Labute approximate surface area is 162 Å². The summed E-state index contributed by atoms with van der Waals surface area (Å²) in [5, 5.41) is 22.5. The van der Waals surface area contributed by atoms with Gasteiger partial charge in [-0.2, -0.15) is 28.5 Å². The predicted molar refractivity (Wildman–Crippen MR) is 92.1 cm³/mol. The number of benzene rings is 2. The maximum atomic E-state index is 13.5. The van der Waals surface area contributed by atoms with Crippen LogP contribution in [0.4, 0.5) is 17.6 Å². The zero-order valence-corrected chi connectivity index (χ0v) is 14.7. The summed E-state index contributed by atoms with van der Waals surface area (Å²) in [5.74, 6) is -1.68. The first-order chi connectivity index (χ1) is 13.6. The van der Waals surface area contributed by atoms with Gasteiger partial charge in [0.1, 0.15) is 11.6 Å². The average Bonchev–Trinajstić information content (AvgIpc) is 3.06. The van der Waals surface area contributed by atoms with Gasteiger partial charge in [0.25, 0.3) is 11.6 Å². The smallest absolute Gasteiger partial charge is 0.438 e. The van der Waals surface area contributed by atoms with E-state index in [0.29, 0.717) is 5.56 Å². The Morgan fingerprint density at radius 2 is 1.83 bits per heavy atom. The molecular weight excluding hydrogens is 394 g/mol. The van der Waals surface area contributed by atoms with Crippen LogP contribution < -0.4 is 4.74 Å². The van der Waals surface area contributed by atoms with E-state index < -0.39 is 36.7 Å². The molecule has 6 nitrogen and oxygen atoms in total. The van der Waals surface area contributed by atoms with Gasteiger partial charge in [-0.1, -0.05) is 12.1 Å². The molecular formula is C19H13F4N3O3. The SMILES string of the molecule is N#Cc1ccc(OCC(=O)N2N=C(c3ccc(F)cc3)C[C@@]2(O)C(F)(F)F)cc1. The molecule has 3 rings (SSSR count). The molecule has 0 fully saturated rings. The Hall–Kier alpha value is -3.45. The summed E-state index contributed by atoms with van der Waals surface area (Å²) < 4.78 is 58.7. The quantitative estimate of drug-likeness (QED) is 0.790. The molecule has 2 aromatic rings. The summed E-state index contributed by atoms with van der Waals surface area (Å²) in [5.41, 5.74) is -3.31. The van der Waals surface area contributed by atoms with E-state index in [-0.39, 0.29) is 22.0 Å². The van der Waals surface area contributed by atoms with Gasteiger partial charge in [0.15, 0.2) is 6.61 Å². The fourth-order valence-corrected chi connectivity index (χ4v) is 2.66. The number of halogens is 4. The third kappa shape index (κ3) is 4.05. The van der Waals surface area contributed by atoms with E-state index in [9.17, 15) is 27.5 Å². The Kier molecular flexibility index (Phi) is 5.26. The van der Waals surface area contributed by atoms with Gasteiger partial charge < -0.3 is 9.84 Å².